The minimum Gasteiger partial charge on any atom is -0.458 e. The van der Waals surface area contributed by atoms with Gasteiger partial charge in [0.1, 0.15) is 0 Å². The molecule has 0 aliphatic rings. The van der Waals surface area contributed by atoms with Gasteiger partial charge in [-0.25, -0.2) is 0 Å². The summed E-state index contributed by atoms with van der Waals surface area (Å²) in [5, 5.41) is 0.0581. The molecule has 2 rings (SSSR count). The first-order chi connectivity index (χ1) is 8.27. The van der Waals surface area contributed by atoms with E-state index in [1.54, 1.807) is 0 Å². The number of rotatable bonds is 3. The van der Waals surface area contributed by atoms with Crippen LogP contribution >= 0.6 is 12.2 Å². The first-order valence-electron chi connectivity index (χ1n) is 5.33. The van der Waals surface area contributed by atoms with Crippen LogP contribution in [0.5, 0.6) is 0 Å². The molecular weight excluding hydrogens is 230 g/mol. The minimum atomic E-state index is -0.241. The summed E-state index contributed by atoms with van der Waals surface area (Å²) in [5.74, 6) is 0. The van der Waals surface area contributed by atoms with Crippen molar-refractivity contribution in [1.29, 1.82) is 0 Å². The SMILES string of the molecule is NC(=S)OC(c1ccccc1)c1ccccc1. The predicted octanol–water partition coefficient (Wildman–Crippen LogP) is 3.04. The predicted molar refractivity (Wildman–Crippen MR) is 72.6 cm³/mol. The molecule has 0 heterocycles. The Hall–Kier alpha value is -1.87. The Morgan fingerprint density at radius 3 is 1.65 bits per heavy atom. The van der Waals surface area contributed by atoms with Crippen LogP contribution in [0.25, 0.3) is 0 Å². The van der Waals surface area contributed by atoms with Crippen molar-refractivity contribution < 1.29 is 4.74 Å². The maximum atomic E-state index is 5.53. The molecule has 2 nitrogen and oxygen atoms in total. The zero-order chi connectivity index (χ0) is 12.1. The number of ether oxygens (including phenoxy) is 1. The van der Waals surface area contributed by atoms with Crippen LogP contribution in [-0.4, -0.2) is 5.17 Å². The van der Waals surface area contributed by atoms with Gasteiger partial charge in [0.15, 0.2) is 6.10 Å². The van der Waals surface area contributed by atoms with Crippen LogP contribution in [0.3, 0.4) is 0 Å². The minimum absolute atomic E-state index is 0.0581. The van der Waals surface area contributed by atoms with E-state index in [4.69, 9.17) is 22.7 Å². The number of benzene rings is 2. The molecule has 2 aromatic rings. The Labute approximate surface area is 106 Å². The molecular formula is C14H13NOS. The Bertz CT molecular complexity index is 445. The summed E-state index contributed by atoms with van der Waals surface area (Å²) in [6, 6.07) is 19.8. The van der Waals surface area contributed by atoms with Crippen LogP contribution in [0, 0.1) is 0 Å². The molecule has 0 saturated carbocycles. The number of nitrogens with two attached hydrogens (primary N) is 1. The molecule has 2 aromatic carbocycles. The Kier molecular flexibility index (Phi) is 3.73. The lowest BCUT2D eigenvalue weighted by molar-refractivity contribution is 0.236. The Morgan fingerprint density at radius 2 is 1.29 bits per heavy atom. The Balaban J connectivity index is 2.36. The highest BCUT2D eigenvalue weighted by Gasteiger charge is 2.15. The van der Waals surface area contributed by atoms with Crippen molar-refractivity contribution in [1.82, 2.24) is 0 Å². The van der Waals surface area contributed by atoms with Gasteiger partial charge in [-0.1, -0.05) is 60.7 Å². The van der Waals surface area contributed by atoms with Gasteiger partial charge in [0, 0.05) is 0 Å². The van der Waals surface area contributed by atoms with Gasteiger partial charge in [-0.3, -0.25) is 0 Å². The fourth-order valence-electron chi connectivity index (χ4n) is 1.70. The second kappa shape index (κ2) is 5.46. The lowest BCUT2D eigenvalue weighted by Crippen LogP contribution is -2.17. The summed E-state index contributed by atoms with van der Waals surface area (Å²) >= 11 is 4.83. The molecule has 0 aliphatic heterocycles. The van der Waals surface area contributed by atoms with Crippen molar-refractivity contribution in [3.63, 3.8) is 0 Å². The lowest BCUT2D eigenvalue weighted by atomic mass is 10.0. The molecule has 0 fully saturated rings. The van der Waals surface area contributed by atoms with Gasteiger partial charge < -0.3 is 10.5 Å². The fourth-order valence-corrected chi connectivity index (χ4v) is 1.80. The first-order valence-corrected chi connectivity index (χ1v) is 5.74. The summed E-state index contributed by atoms with van der Waals surface area (Å²) in [7, 11) is 0. The van der Waals surface area contributed by atoms with E-state index in [2.05, 4.69) is 0 Å². The molecule has 0 unspecified atom stereocenters. The van der Waals surface area contributed by atoms with Crippen molar-refractivity contribution in [3.8, 4) is 0 Å². The summed E-state index contributed by atoms with van der Waals surface area (Å²) in [6.45, 7) is 0. The second-order valence-electron chi connectivity index (χ2n) is 3.64. The summed E-state index contributed by atoms with van der Waals surface area (Å²) in [5.41, 5.74) is 7.54. The van der Waals surface area contributed by atoms with Crippen LogP contribution in [0.4, 0.5) is 0 Å². The molecule has 0 amide bonds. The molecule has 0 aromatic heterocycles. The fraction of sp³-hybridized carbons (Fsp3) is 0.0714. The van der Waals surface area contributed by atoms with Crippen molar-refractivity contribution in [2.75, 3.05) is 0 Å². The van der Waals surface area contributed by atoms with Gasteiger partial charge in [-0.2, -0.15) is 0 Å². The zero-order valence-electron chi connectivity index (χ0n) is 9.24. The normalized spacial score (nSPS) is 10.2. The van der Waals surface area contributed by atoms with Crippen molar-refractivity contribution >= 4 is 17.4 Å². The van der Waals surface area contributed by atoms with Crippen LogP contribution in [0.2, 0.25) is 0 Å². The average molecular weight is 243 g/mol. The molecule has 0 spiro atoms. The summed E-state index contributed by atoms with van der Waals surface area (Å²) < 4.78 is 5.53. The van der Waals surface area contributed by atoms with Gasteiger partial charge in [-0.05, 0) is 23.3 Å². The Morgan fingerprint density at radius 1 is 0.882 bits per heavy atom. The van der Waals surface area contributed by atoms with E-state index in [1.807, 2.05) is 60.7 Å². The third-order valence-electron chi connectivity index (χ3n) is 2.44. The number of thiocarbonyl (C=S) groups is 1. The van der Waals surface area contributed by atoms with E-state index < -0.39 is 0 Å². The molecule has 17 heavy (non-hydrogen) atoms. The van der Waals surface area contributed by atoms with E-state index in [0.29, 0.717) is 0 Å². The maximum Gasteiger partial charge on any atom is 0.254 e. The van der Waals surface area contributed by atoms with Crippen LogP contribution in [-0.2, 0) is 4.74 Å². The largest absolute Gasteiger partial charge is 0.458 e. The van der Waals surface area contributed by atoms with Gasteiger partial charge in [-0.15, -0.1) is 0 Å². The molecule has 0 aliphatic carbocycles. The van der Waals surface area contributed by atoms with E-state index in [-0.39, 0.29) is 11.3 Å². The smallest absolute Gasteiger partial charge is 0.254 e. The van der Waals surface area contributed by atoms with E-state index in [9.17, 15) is 0 Å². The standard InChI is InChI=1S/C14H13NOS/c15-14(17)16-13(11-7-3-1-4-8-11)12-9-5-2-6-10-12/h1-10,13H,(H2,15,17). The van der Waals surface area contributed by atoms with Crippen molar-refractivity contribution in [3.05, 3.63) is 71.8 Å². The van der Waals surface area contributed by atoms with Crippen LogP contribution in [0.15, 0.2) is 60.7 Å². The molecule has 86 valence electrons. The van der Waals surface area contributed by atoms with E-state index in [0.717, 1.165) is 11.1 Å². The van der Waals surface area contributed by atoms with E-state index >= 15 is 0 Å². The van der Waals surface area contributed by atoms with Gasteiger partial charge in [0.05, 0.1) is 0 Å². The molecule has 0 saturated heterocycles. The van der Waals surface area contributed by atoms with Crippen molar-refractivity contribution in [2.24, 2.45) is 5.73 Å². The lowest BCUT2D eigenvalue weighted by Gasteiger charge is -2.18. The van der Waals surface area contributed by atoms with Crippen molar-refractivity contribution in [2.45, 2.75) is 6.10 Å². The molecule has 2 N–H and O–H groups in total. The topological polar surface area (TPSA) is 35.2 Å². The molecule has 3 heteroatoms. The van der Waals surface area contributed by atoms with E-state index in [1.165, 1.54) is 0 Å². The molecule has 0 radical (unpaired) electrons. The third-order valence-corrected chi connectivity index (χ3v) is 2.53. The monoisotopic (exact) mass is 243 g/mol. The molecule has 0 bridgehead atoms. The quantitative estimate of drug-likeness (QED) is 0.842. The first kappa shape index (κ1) is 11.6. The van der Waals surface area contributed by atoms with Gasteiger partial charge >= 0.3 is 0 Å². The highest BCUT2D eigenvalue weighted by molar-refractivity contribution is 7.80. The third kappa shape index (κ3) is 3.04. The zero-order valence-corrected chi connectivity index (χ0v) is 10.1. The van der Waals surface area contributed by atoms with Gasteiger partial charge in [0.25, 0.3) is 5.17 Å². The highest BCUT2D eigenvalue weighted by Crippen LogP contribution is 2.25. The molecule has 0 atom stereocenters. The number of hydrogen-bond acceptors (Lipinski definition) is 2. The number of hydrogen-bond donors (Lipinski definition) is 1. The average Bonchev–Trinajstić information content (AvgIpc) is 2.38. The van der Waals surface area contributed by atoms with Crippen LogP contribution < -0.4 is 5.73 Å². The maximum absolute atomic E-state index is 5.53. The van der Waals surface area contributed by atoms with Gasteiger partial charge in [0.2, 0.25) is 0 Å². The van der Waals surface area contributed by atoms with Crippen LogP contribution in [0.1, 0.15) is 17.2 Å². The summed E-state index contributed by atoms with van der Waals surface area (Å²) in [6.07, 6.45) is -0.241. The summed E-state index contributed by atoms with van der Waals surface area (Å²) in [4.78, 5) is 0. The highest BCUT2D eigenvalue weighted by atomic mass is 32.1. The second-order valence-corrected chi connectivity index (χ2v) is 4.04.